The van der Waals surface area contributed by atoms with Gasteiger partial charge in [0.2, 0.25) is 0 Å². The summed E-state index contributed by atoms with van der Waals surface area (Å²) in [6, 6.07) is 14.4. The number of aliphatic carboxylic acids is 2. The van der Waals surface area contributed by atoms with E-state index in [0.29, 0.717) is 24.2 Å². The summed E-state index contributed by atoms with van der Waals surface area (Å²) in [4.78, 5) is 25.7. The highest BCUT2D eigenvalue weighted by molar-refractivity contribution is 5.88. The molecule has 5 N–H and O–H groups in total. The van der Waals surface area contributed by atoms with Crippen LogP contribution < -0.4 is 11.1 Å². The van der Waals surface area contributed by atoms with E-state index in [2.05, 4.69) is 15.5 Å². The number of hydrogen-bond donors (Lipinski definition) is 4. The molecule has 9 nitrogen and oxygen atoms in total. The minimum absolute atomic E-state index is 0.0927. The van der Waals surface area contributed by atoms with Crippen molar-refractivity contribution in [2.24, 2.45) is 10.7 Å². The lowest BCUT2D eigenvalue weighted by Crippen LogP contribution is -2.45. The van der Waals surface area contributed by atoms with Crippen LogP contribution in [0.1, 0.15) is 17.7 Å². The SMILES string of the molecule is NC(=Nc1cc(CCc2ccc(-c3ccccc3)c(F)c2)on1)NC(CC(=O)O)C(=O)O. The Balaban J connectivity index is 1.60. The Labute approximate surface area is 182 Å². The number of carboxylic acid groups (broad SMARTS) is 2. The molecule has 10 heteroatoms. The van der Waals surface area contributed by atoms with Gasteiger partial charge in [-0.25, -0.2) is 9.18 Å². The summed E-state index contributed by atoms with van der Waals surface area (Å²) in [5, 5.41) is 23.8. The number of nitrogens with one attached hydrogen (secondary N) is 1. The monoisotopic (exact) mass is 440 g/mol. The van der Waals surface area contributed by atoms with Crippen LogP contribution >= 0.6 is 0 Å². The molecule has 1 atom stereocenters. The maximum atomic E-state index is 14.5. The van der Waals surface area contributed by atoms with Gasteiger partial charge in [0, 0.05) is 18.1 Å². The largest absolute Gasteiger partial charge is 0.481 e. The number of nitrogens with zero attached hydrogens (tertiary/aromatic N) is 2. The van der Waals surface area contributed by atoms with Crippen LogP contribution in [0.2, 0.25) is 0 Å². The van der Waals surface area contributed by atoms with Crippen LogP contribution in [0, 0.1) is 5.82 Å². The molecule has 0 saturated heterocycles. The second kappa shape index (κ2) is 10.2. The summed E-state index contributed by atoms with van der Waals surface area (Å²) >= 11 is 0. The normalized spacial score (nSPS) is 12.3. The summed E-state index contributed by atoms with van der Waals surface area (Å²) < 4.78 is 19.7. The van der Waals surface area contributed by atoms with Gasteiger partial charge in [-0.3, -0.25) is 4.79 Å². The first-order chi connectivity index (χ1) is 15.3. The van der Waals surface area contributed by atoms with E-state index < -0.39 is 24.4 Å². The van der Waals surface area contributed by atoms with E-state index in [1.165, 1.54) is 12.1 Å². The summed E-state index contributed by atoms with van der Waals surface area (Å²) in [5.41, 5.74) is 7.74. The van der Waals surface area contributed by atoms with Crippen molar-refractivity contribution in [3.8, 4) is 11.1 Å². The zero-order valence-corrected chi connectivity index (χ0v) is 16.9. The second-order valence-corrected chi connectivity index (χ2v) is 6.96. The Hall–Kier alpha value is -4.21. The molecular formula is C22H21FN4O5. The quantitative estimate of drug-likeness (QED) is 0.293. The molecule has 0 aliphatic carbocycles. The third kappa shape index (κ3) is 6.14. The fourth-order valence-corrected chi connectivity index (χ4v) is 3.01. The van der Waals surface area contributed by atoms with Gasteiger partial charge in [0.25, 0.3) is 0 Å². The van der Waals surface area contributed by atoms with Crippen molar-refractivity contribution in [3.05, 3.63) is 71.7 Å². The minimum Gasteiger partial charge on any atom is -0.481 e. The van der Waals surface area contributed by atoms with Crippen LogP contribution in [-0.4, -0.2) is 39.3 Å². The maximum absolute atomic E-state index is 14.5. The fraction of sp³-hybridized carbons (Fsp3) is 0.182. The number of guanidine groups is 1. The highest BCUT2D eigenvalue weighted by Crippen LogP contribution is 2.24. The predicted molar refractivity (Wildman–Crippen MR) is 114 cm³/mol. The van der Waals surface area contributed by atoms with Crippen molar-refractivity contribution < 1.29 is 28.7 Å². The van der Waals surface area contributed by atoms with Gasteiger partial charge in [-0.2, -0.15) is 4.99 Å². The number of benzene rings is 2. The molecule has 0 radical (unpaired) electrons. The molecule has 3 aromatic rings. The van der Waals surface area contributed by atoms with Crippen molar-refractivity contribution >= 4 is 23.7 Å². The van der Waals surface area contributed by atoms with E-state index in [1.54, 1.807) is 6.07 Å². The Morgan fingerprint density at radius 1 is 1.12 bits per heavy atom. The molecule has 32 heavy (non-hydrogen) atoms. The summed E-state index contributed by atoms with van der Waals surface area (Å²) in [5.74, 6) is -2.73. The molecule has 0 spiro atoms. The molecule has 0 amide bonds. The number of nitrogens with two attached hydrogens (primary N) is 1. The van der Waals surface area contributed by atoms with Crippen molar-refractivity contribution in [3.63, 3.8) is 0 Å². The highest BCUT2D eigenvalue weighted by atomic mass is 19.1. The number of rotatable bonds is 9. The Morgan fingerprint density at radius 2 is 1.88 bits per heavy atom. The van der Waals surface area contributed by atoms with E-state index in [1.807, 2.05) is 36.4 Å². The lowest BCUT2D eigenvalue weighted by molar-refractivity contribution is -0.145. The average molecular weight is 440 g/mol. The number of aromatic nitrogens is 1. The minimum atomic E-state index is -1.43. The number of halogens is 1. The Kier molecular flexibility index (Phi) is 7.17. The third-order valence-corrected chi connectivity index (χ3v) is 4.56. The van der Waals surface area contributed by atoms with Crippen LogP contribution in [0.25, 0.3) is 11.1 Å². The van der Waals surface area contributed by atoms with Crippen LogP contribution in [0.3, 0.4) is 0 Å². The number of carbonyl (C=O) groups is 2. The zero-order chi connectivity index (χ0) is 23.1. The molecule has 2 aromatic carbocycles. The van der Waals surface area contributed by atoms with Crippen molar-refractivity contribution in [1.29, 1.82) is 0 Å². The number of carboxylic acids is 2. The molecule has 0 saturated carbocycles. The molecule has 0 bridgehead atoms. The first-order valence-corrected chi connectivity index (χ1v) is 9.66. The first-order valence-electron chi connectivity index (χ1n) is 9.66. The molecule has 3 rings (SSSR count). The molecule has 1 unspecified atom stereocenters. The summed E-state index contributed by atoms with van der Waals surface area (Å²) in [6.07, 6.45) is 0.254. The molecule has 1 aromatic heterocycles. The van der Waals surface area contributed by atoms with Crippen LogP contribution in [0.4, 0.5) is 10.2 Å². The maximum Gasteiger partial charge on any atom is 0.326 e. The van der Waals surface area contributed by atoms with Crippen LogP contribution in [-0.2, 0) is 22.4 Å². The van der Waals surface area contributed by atoms with Gasteiger partial charge in [0.1, 0.15) is 17.6 Å². The van der Waals surface area contributed by atoms with Gasteiger partial charge in [-0.05, 0) is 23.6 Å². The number of aliphatic imine (C=N–C) groups is 1. The Bertz CT molecular complexity index is 1130. The van der Waals surface area contributed by atoms with E-state index in [4.69, 9.17) is 20.5 Å². The number of hydrogen-bond acceptors (Lipinski definition) is 5. The van der Waals surface area contributed by atoms with Gasteiger partial charge in [-0.15, -0.1) is 0 Å². The lowest BCUT2D eigenvalue weighted by atomic mass is 10.0. The Morgan fingerprint density at radius 3 is 2.53 bits per heavy atom. The van der Waals surface area contributed by atoms with Gasteiger partial charge in [0.05, 0.1) is 6.42 Å². The molecule has 0 aliphatic heterocycles. The van der Waals surface area contributed by atoms with Crippen LogP contribution in [0.15, 0.2) is 64.1 Å². The molecule has 166 valence electrons. The van der Waals surface area contributed by atoms with E-state index in [9.17, 15) is 14.0 Å². The predicted octanol–water partition coefficient (Wildman–Crippen LogP) is 2.73. The van der Waals surface area contributed by atoms with Gasteiger partial charge < -0.3 is 25.8 Å². The van der Waals surface area contributed by atoms with E-state index >= 15 is 0 Å². The summed E-state index contributed by atoms with van der Waals surface area (Å²) in [6.45, 7) is 0. The smallest absolute Gasteiger partial charge is 0.326 e. The third-order valence-electron chi connectivity index (χ3n) is 4.56. The second-order valence-electron chi connectivity index (χ2n) is 6.96. The number of aryl methyl sites for hydroxylation is 2. The lowest BCUT2D eigenvalue weighted by Gasteiger charge is -2.12. The average Bonchev–Trinajstić information content (AvgIpc) is 3.19. The van der Waals surface area contributed by atoms with Gasteiger partial charge in [-0.1, -0.05) is 47.6 Å². The van der Waals surface area contributed by atoms with Crippen molar-refractivity contribution in [1.82, 2.24) is 10.5 Å². The van der Waals surface area contributed by atoms with Crippen molar-refractivity contribution in [2.45, 2.75) is 25.3 Å². The topological polar surface area (TPSA) is 151 Å². The standard InChI is InChI=1S/C22H21FN4O5/c23-17-10-13(7-9-16(17)14-4-2-1-3-5-14)6-8-15-11-19(27-32-15)26-22(24)25-18(21(30)31)12-20(28)29/h1-5,7,9-11,18H,6,8,12H2,(H,28,29)(H,30,31)(H3,24,25,26,27). The molecule has 1 heterocycles. The van der Waals surface area contributed by atoms with Gasteiger partial charge in [0.15, 0.2) is 11.8 Å². The van der Waals surface area contributed by atoms with Gasteiger partial charge >= 0.3 is 11.9 Å². The molecular weight excluding hydrogens is 419 g/mol. The summed E-state index contributed by atoms with van der Waals surface area (Å²) in [7, 11) is 0. The molecule has 0 aliphatic rings. The first kappa shape index (κ1) is 22.5. The molecule has 0 fully saturated rings. The highest BCUT2D eigenvalue weighted by Gasteiger charge is 2.21. The van der Waals surface area contributed by atoms with E-state index in [0.717, 1.165) is 11.1 Å². The van der Waals surface area contributed by atoms with Crippen LogP contribution in [0.5, 0.6) is 0 Å². The van der Waals surface area contributed by atoms with E-state index in [-0.39, 0.29) is 17.6 Å². The van der Waals surface area contributed by atoms with Crippen molar-refractivity contribution in [2.75, 3.05) is 0 Å². The zero-order valence-electron chi connectivity index (χ0n) is 16.9. The fourth-order valence-electron chi connectivity index (χ4n) is 3.01.